The molecule has 0 unspecified atom stereocenters. The van der Waals surface area contributed by atoms with Crippen LogP contribution in [0.5, 0.6) is 0 Å². The van der Waals surface area contributed by atoms with Crippen molar-refractivity contribution in [3.8, 4) is 6.07 Å². The second kappa shape index (κ2) is 7.41. The maximum Gasteiger partial charge on any atom is 0.234 e. The summed E-state index contributed by atoms with van der Waals surface area (Å²) >= 11 is 1.28. The van der Waals surface area contributed by atoms with E-state index in [4.69, 9.17) is 0 Å². The number of hydrogen-bond acceptors (Lipinski definition) is 4. The van der Waals surface area contributed by atoms with Crippen LogP contribution in [0, 0.1) is 11.3 Å². The van der Waals surface area contributed by atoms with Gasteiger partial charge in [-0.15, -0.1) is 0 Å². The summed E-state index contributed by atoms with van der Waals surface area (Å²) in [5.74, 6) is 0.344. The molecule has 0 radical (unpaired) electrons. The summed E-state index contributed by atoms with van der Waals surface area (Å²) < 4.78 is 0. The number of carbonyl (C=O) groups is 1. The van der Waals surface area contributed by atoms with Crippen LogP contribution in [0.2, 0.25) is 0 Å². The Morgan fingerprint density at radius 1 is 1.32 bits per heavy atom. The van der Waals surface area contributed by atoms with Gasteiger partial charge in [-0.3, -0.25) is 4.79 Å². The first-order chi connectivity index (χ1) is 12.1. The summed E-state index contributed by atoms with van der Waals surface area (Å²) in [5, 5.41) is 13.8. The van der Waals surface area contributed by atoms with Gasteiger partial charge in [-0.05, 0) is 41.6 Å². The molecule has 0 fully saturated rings. The molecule has 126 valence electrons. The van der Waals surface area contributed by atoms with Gasteiger partial charge >= 0.3 is 0 Å². The molecule has 5 nitrogen and oxygen atoms in total. The van der Waals surface area contributed by atoms with E-state index in [9.17, 15) is 10.1 Å². The first kappa shape index (κ1) is 17.1. The standard InChI is InChI=1S/C19H18N4OS/c1-12(2)16-6-4-14(10-20)19(23-16)25-11-18(24)22-15-5-3-13-7-8-21-17(13)9-15/h3-9,12,21H,11H2,1-2H3,(H,22,24). The maximum atomic E-state index is 12.2. The third-order valence-electron chi connectivity index (χ3n) is 3.77. The molecule has 2 N–H and O–H groups in total. The zero-order valence-corrected chi connectivity index (χ0v) is 14.9. The normalized spacial score (nSPS) is 10.8. The van der Waals surface area contributed by atoms with Crippen LogP contribution >= 0.6 is 11.8 Å². The Kier molecular flexibility index (Phi) is 5.05. The van der Waals surface area contributed by atoms with Crippen LogP contribution in [0.3, 0.4) is 0 Å². The lowest BCUT2D eigenvalue weighted by molar-refractivity contribution is -0.113. The van der Waals surface area contributed by atoms with Crippen molar-refractivity contribution >= 4 is 34.3 Å². The quantitative estimate of drug-likeness (QED) is 0.673. The molecule has 0 atom stereocenters. The number of aromatic nitrogens is 2. The number of fused-ring (bicyclic) bond motifs is 1. The molecule has 1 aromatic carbocycles. The molecule has 0 bridgehead atoms. The van der Waals surface area contributed by atoms with Gasteiger partial charge in [0.15, 0.2) is 0 Å². The molecule has 1 amide bonds. The smallest absolute Gasteiger partial charge is 0.234 e. The molecule has 2 heterocycles. The minimum absolute atomic E-state index is 0.128. The SMILES string of the molecule is CC(C)c1ccc(C#N)c(SCC(=O)Nc2ccc3cc[nH]c3c2)n1. The summed E-state index contributed by atoms with van der Waals surface area (Å²) in [4.78, 5) is 19.9. The van der Waals surface area contributed by atoms with Gasteiger partial charge < -0.3 is 10.3 Å². The fourth-order valence-electron chi connectivity index (χ4n) is 2.43. The van der Waals surface area contributed by atoms with Crippen LogP contribution < -0.4 is 5.32 Å². The third kappa shape index (κ3) is 4.01. The van der Waals surface area contributed by atoms with Crippen molar-refractivity contribution in [3.05, 3.63) is 53.9 Å². The van der Waals surface area contributed by atoms with E-state index >= 15 is 0 Å². The third-order valence-corrected chi connectivity index (χ3v) is 4.76. The van der Waals surface area contributed by atoms with E-state index in [2.05, 4.69) is 21.4 Å². The molecule has 0 aliphatic heterocycles. The van der Waals surface area contributed by atoms with E-state index in [-0.39, 0.29) is 17.6 Å². The highest BCUT2D eigenvalue weighted by molar-refractivity contribution is 8.00. The second-order valence-electron chi connectivity index (χ2n) is 5.97. The van der Waals surface area contributed by atoms with E-state index in [0.717, 1.165) is 22.3 Å². The molecule has 0 spiro atoms. The minimum Gasteiger partial charge on any atom is -0.361 e. The predicted molar refractivity (Wildman–Crippen MR) is 101 cm³/mol. The molecule has 3 rings (SSSR count). The molecule has 0 aliphatic rings. The monoisotopic (exact) mass is 350 g/mol. The fraction of sp³-hybridized carbons (Fsp3) is 0.211. The molecule has 3 aromatic rings. The largest absolute Gasteiger partial charge is 0.361 e. The van der Waals surface area contributed by atoms with Crippen molar-refractivity contribution < 1.29 is 4.79 Å². The number of nitrogens with zero attached hydrogens (tertiary/aromatic N) is 2. The van der Waals surface area contributed by atoms with E-state index in [1.807, 2.05) is 50.4 Å². The fourth-order valence-corrected chi connectivity index (χ4v) is 3.21. The van der Waals surface area contributed by atoms with E-state index < -0.39 is 0 Å². The lowest BCUT2D eigenvalue weighted by atomic mass is 10.1. The van der Waals surface area contributed by atoms with Crippen molar-refractivity contribution in [1.82, 2.24) is 9.97 Å². The summed E-state index contributed by atoms with van der Waals surface area (Å²) in [6, 6.07) is 13.5. The van der Waals surface area contributed by atoms with Gasteiger partial charge in [0.05, 0.1) is 11.3 Å². The van der Waals surface area contributed by atoms with Crippen molar-refractivity contribution in [1.29, 1.82) is 5.26 Å². The Balaban J connectivity index is 1.67. The lowest BCUT2D eigenvalue weighted by Crippen LogP contribution is -2.14. The van der Waals surface area contributed by atoms with Crippen LogP contribution in [0.15, 0.2) is 47.6 Å². The average Bonchev–Trinajstić information content (AvgIpc) is 3.07. The van der Waals surface area contributed by atoms with Crippen molar-refractivity contribution in [2.75, 3.05) is 11.1 Å². The van der Waals surface area contributed by atoms with Crippen molar-refractivity contribution in [2.24, 2.45) is 0 Å². The molecular weight excluding hydrogens is 332 g/mol. The predicted octanol–water partition coefficient (Wildman–Crippen LogP) is 4.29. The number of amides is 1. The molecule has 0 saturated carbocycles. The summed E-state index contributed by atoms with van der Waals surface area (Å²) in [7, 11) is 0. The number of nitriles is 1. The Morgan fingerprint density at radius 2 is 2.16 bits per heavy atom. The van der Waals surface area contributed by atoms with Crippen LogP contribution in [-0.4, -0.2) is 21.6 Å². The van der Waals surface area contributed by atoms with Crippen LogP contribution in [0.1, 0.15) is 31.0 Å². The first-order valence-corrected chi connectivity index (χ1v) is 8.96. The highest BCUT2D eigenvalue weighted by Crippen LogP contribution is 2.24. The summed E-state index contributed by atoms with van der Waals surface area (Å²) in [6.45, 7) is 4.10. The number of anilines is 1. The van der Waals surface area contributed by atoms with Gasteiger partial charge in [-0.2, -0.15) is 5.26 Å². The second-order valence-corrected chi connectivity index (χ2v) is 6.94. The average molecular weight is 350 g/mol. The van der Waals surface area contributed by atoms with Crippen LogP contribution in [0.4, 0.5) is 5.69 Å². The lowest BCUT2D eigenvalue weighted by Gasteiger charge is -2.09. The van der Waals surface area contributed by atoms with Gasteiger partial charge in [-0.25, -0.2) is 4.98 Å². The Labute approximate surface area is 150 Å². The van der Waals surface area contributed by atoms with Gasteiger partial charge in [-0.1, -0.05) is 31.7 Å². The van der Waals surface area contributed by atoms with Crippen LogP contribution in [-0.2, 0) is 4.79 Å². The Morgan fingerprint density at radius 3 is 2.92 bits per heavy atom. The summed E-state index contributed by atoms with van der Waals surface area (Å²) in [5.41, 5.74) is 3.13. The number of hydrogen-bond donors (Lipinski definition) is 2. The maximum absolute atomic E-state index is 12.2. The van der Waals surface area contributed by atoms with Crippen molar-refractivity contribution in [3.63, 3.8) is 0 Å². The Hall–Kier alpha value is -2.78. The number of benzene rings is 1. The number of pyridine rings is 1. The minimum atomic E-state index is -0.128. The topological polar surface area (TPSA) is 81.6 Å². The number of rotatable bonds is 5. The molecular formula is C19H18N4OS. The van der Waals surface area contributed by atoms with Gasteiger partial charge in [0.2, 0.25) is 5.91 Å². The first-order valence-electron chi connectivity index (χ1n) is 7.97. The number of aromatic amines is 1. The van der Waals surface area contributed by atoms with Crippen molar-refractivity contribution in [2.45, 2.75) is 24.8 Å². The number of nitrogens with one attached hydrogen (secondary N) is 2. The highest BCUT2D eigenvalue weighted by atomic mass is 32.2. The highest BCUT2D eigenvalue weighted by Gasteiger charge is 2.11. The molecule has 0 aliphatic carbocycles. The van der Waals surface area contributed by atoms with E-state index in [1.165, 1.54) is 11.8 Å². The zero-order valence-electron chi connectivity index (χ0n) is 14.0. The molecule has 25 heavy (non-hydrogen) atoms. The molecule has 6 heteroatoms. The van der Waals surface area contributed by atoms with Gasteiger partial charge in [0, 0.05) is 23.1 Å². The Bertz CT molecular complexity index is 955. The number of thioether (sulfide) groups is 1. The molecule has 2 aromatic heterocycles. The van der Waals surface area contributed by atoms with Gasteiger partial charge in [0.1, 0.15) is 11.1 Å². The zero-order chi connectivity index (χ0) is 17.8. The van der Waals surface area contributed by atoms with E-state index in [1.54, 1.807) is 6.07 Å². The number of H-pyrrole nitrogens is 1. The van der Waals surface area contributed by atoms with E-state index in [0.29, 0.717) is 10.6 Å². The van der Waals surface area contributed by atoms with Crippen LogP contribution in [0.25, 0.3) is 10.9 Å². The number of carbonyl (C=O) groups excluding carboxylic acids is 1. The molecule has 0 saturated heterocycles. The summed E-state index contributed by atoms with van der Waals surface area (Å²) in [6.07, 6.45) is 1.86. The van der Waals surface area contributed by atoms with Gasteiger partial charge in [0.25, 0.3) is 0 Å².